The van der Waals surface area contributed by atoms with Crippen molar-refractivity contribution in [2.75, 3.05) is 37.7 Å². The first-order valence-corrected chi connectivity index (χ1v) is 11.0. The van der Waals surface area contributed by atoms with Crippen LogP contribution in [0.1, 0.15) is 23.6 Å². The molecule has 0 bridgehead atoms. The van der Waals surface area contributed by atoms with Crippen LogP contribution in [0.3, 0.4) is 0 Å². The van der Waals surface area contributed by atoms with E-state index in [4.69, 9.17) is 0 Å². The first kappa shape index (κ1) is 20.9. The summed E-state index contributed by atoms with van der Waals surface area (Å²) in [5, 5.41) is 2.89. The quantitative estimate of drug-likeness (QED) is 0.693. The van der Waals surface area contributed by atoms with E-state index in [1.54, 1.807) is 6.92 Å². The molecule has 0 aromatic heterocycles. The SMILES string of the molecule is Cc1cccc(N2CCN(CN3C(=O)N[C@](C)(c4cccc(Br)c4)C3=O)CC2)c1C. The molecule has 1 N–H and O–H groups in total. The minimum atomic E-state index is -1.04. The number of nitrogens with one attached hydrogen (secondary N) is 1. The Labute approximate surface area is 186 Å². The van der Waals surface area contributed by atoms with E-state index in [1.807, 2.05) is 24.3 Å². The van der Waals surface area contributed by atoms with Gasteiger partial charge in [0.2, 0.25) is 0 Å². The summed E-state index contributed by atoms with van der Waals surface area (Å²) in [6.07, 6.45) is 0. The first-order chi connectivity index (χ1) is 14.3. The van der Waals surface area contributed by atoms with E-state index >= 15 is 0 Å². The Balaban J connectivity index is 1.42. The van der Waals surface area contributed by atoms with Crippen LogP contribution in [0.5, 0.6) is 0 Å². The van der Waals surface area contributed by atoms with Gasteiger partial charge >= 0.3 is 6.03 Å². The second kappa shape index (κ2) is 8.04. The standard InChI is InChI=1S/C23H27BrN4O2/c1-16-6-4-9-20(17(16)2)27-12-10-26(11-13-27)15-28-21(29)23(3,25-22(28)30)18-7-5-8-19(24)14-18/h4-9,14H,10-13,15H2,1-3H3,(H,25,30)/t23-/m1/s1. The second-order valence-corrected chi connectivity index (χ2v) is 9.18. The molecule has 2 aliphatic rings. The number of amides is 3. The largest absolute Gasteiger partial charge is 0.369 e. The highest BCUT2D eigenvalue weighted by atomic mass is 79.9. The predicted molar refractivity (Wildman–Crippen MR) is 121 cm³/mol. The fourth-order valence-corrected chi connectivity index (χ4v) is 4.63. The van der Waals surface area contributed by atoms with Crippen LogP contribution in [-0.2, 0) is 10.3 Å². The van der Waals surface area contributed by atoms with E-state index in [2.05, 4.69) is 63.1 Å². The Hall–Kier alpha value is -2.38. The minimum Gasteiger partial charge on any atom is -0.369 e. The van der Waals surface area contributed by atoms with Crippen molar-refractivity contribution in [3.8, 4) is 0 Å². The zero-order chi connectivity index (χ0) is 21.5. The Kier molecular flexibility index (Phi) is 5.59. The molecule has 30 heavy (non-hydrogen) atoms. The van der Waals surface area contributed by atoms with Crippen LogP contribution in [0.2, 0.25) is 0 Å². The van der Waals surface area contributed by atoms with Gasteiger partial charge in [-0.15, -0.1) is 0 Å². The molecule has 0 saturated carbocycles. The average Bonchev–Trinajstić information content (AvgIpc) is 2.95. The van der Waals surface area contributed by atoms with E-state index in [0.29, 0.717) is 6.67 Å². The van der Waals surface area contributed by atoms with Gasteiger partial charge in [-0.2, -0.15) is 0 Å². The molecule has 1 atom stereocenters. The molecule has 4 rings (SSSR count). The Morgan fingerprint density at radius 1 is 1.03 bits per heavy atom. The summed E-state index contributed by atoms with van der Waals surface area (Å²) < 4.78 is 0.879. The number of benzene rings is 2. The number of anilines is 1. The second-order valence-electron chi connectivity index (χ2n) is 8.26. The molecule has 2 aliphatic heterocycles. The number of hydrogen-bond acceptors (Lipinski definition) is 4. The summed E-state index contributed by atoms with van der Waals surface area (Å²) >= 11 is 3.45. The summed E-state index contributed by atoms with van der Waals surface area (Å²) in [6.45, 7) is 9.73. The van der Waals surface area contributed by atoms with Gasteiger partial charge in [-0.1, -0.05) is 40.2 Å². The summed E-state index contributed by atoms with van der Waals surface area (Å²) in [7, 11) is 0. The summed E-state index contributed by atoms with van der Waals surface area (Å²) in [5.74, 6) is -0.206. The van der Waals surface area contributed by atoms with Gasteiger partial charge < -0.3 is 10.2 Å². The van der Waals surface area contributed by atoms with Gasteiger partial charge in [0.05, 0.1) is 6.67 Å². The Bertz CT molecular complexity index is 987. The fraction of sp³-hybridized carbons (Fsp3) is 0.391. The number of carbonyl (C=O) groups is 2. The number of urea groups is 1. The molecule has 2 fully saturated rings. The number of piperazine rings is 1. The lowest BCUT2D eigenvalue weighted by molar-refractivity contribution is -0.132. The maximum Gasteiger partial charge on any atom is 0.326 e. The first-order valence-electron chi connectivity index (χ1n) is 10.2. The number of rotatable bonds is 4. The highest BCUT2D eigenvalue weighted by Gasteiger charge is 2.49. The fourth-order valence-electron chi connectivity index (χ4n) is 4.23. The lowest BCUT2D eigenvalue weighted by Crippen LogP contribution is -2.51. The Morgan fingerprint density at radius 3 is 2.43 bits per heavy atom. The molecule has 0 spiro atoms. The molecule has 0 radical (unpaired) electrons. The van der Waals surface area contributed by atoms with E-state index in [0.717, 1.165) is 36.2 Å². The van der Waals surface area contributed by atoms with Crippen LogP contribution >= 0.6 is 15.9 Å². The van der Waals surface area contributed by atoms with Crippen molar-refractivity contribution >= 4 is 33.6 Å². The molecular formula is C23H27BrN4O2. The van der Waals surface area contributed by atoms with Crippen LogP contribution in [0.25, 0.3) is 0 Å². The Morgan fingerprint density at radius 2 is 1.73 bits per heavy atom. The zero-order valence-electron chi connectivity index (χ0n) is 17.6. The molecular weight excluding hydrogens is 444 g/mol. The molecule has 7 heteroatoms. The third-order valence-electron chi connectivity index (χ3n) is 6.31. The van der Waals surface area contributed by atoms with Crippen molar-refractivity contribution in [2.24, 2.45) is 0 Å². The van der Waals surface area contributed by atoms with Gasteiger partial charge in [0, 0.05) is 36.3 Å². The summed E-state index contributed by atoms with van der Waals surface area (Å²) in [4.78, 5) is 31.7. The third kappa shape index (κ3) is 3.72. The normalized spacial score (nSPS) is 22.5. The molecule has 3 amide bonds. The molecule has 2 aromatic carbocycles. The molecule has 2 saturated heterocycles. The molecule has 2 heterocycles. The number of carbonyl (C=O) groups excluding carboxylic acids is 2. The van der Waals surface area contributed by atoms with E-state index < -0.39 is 5.54 Å². The number of aryl methyl sites for hydroxylation is 1. The predicted octanol–water partition coefficient (Wildman–Crippen LogP) is 3.61. The number of nitrogens with zero attached hydrogens (tertiary/aromatic N) is 3. The highest BCUT2D eigenvalue weighted by molar-refractivity contribution is 9.10. The monoisotopic (exact) mass is 470 g/mol. The van der Waals surface area contributed by atoms with Crippen LogP contribution < -0.4 is 10.2 Å². The number of imide groups is 1. The maximum absolute atomic E-state index is 13.2. The number of halogens is 1. The lowest BCUT2D eigenvalue weighted by atomic mass is 9.92. The third-order valence-corrected chi connectivity index (χ3v) is 6.80. The van der Waals surface area contributed by atoms with Crippen LogP contribution in [0.15, 0.2) is 46.9 Å². The van der Waals surface area contributed by atoms with Gasteiger partial charge in [-0.3, -0.25) is 9.69 Å². The van der Waals surface area contributed by atoms with Crippen molar-refractivity contribution in [3.63, 3.8) is 0 Å². The lowest BCUT2D eigenvalue weighted by Gasteiger charge is -2.38. The van der Waals surface area contributed by atoms with Crippen LogP contribution in [0, 0.1) is 13.8 Å². The average molecular weight is 471 g/mol. The molecule has 158 valence electrons. The van der Waals surface area contributed by atoms with E-state index in [1.165, 1.54) is 21.7 Å². The van der Waals surface area contributed by atoms with Gasteiger partial charge in [-0.05, 0) is 55.7 Å². The van der Waals surface area contributed by atoms with Crippen molar-refractivity contribution in [1.82, 2.24) is 15.1 Å². The van der Waals surface area contributed by atoms with E-state index in [-0.39, 0.29) is 11.9 Å². The van der Waals surface area contributed by atoms with Crippen molar-refractivity contribution < 1.29 is 9.59 Å². The summed E-state index contributed by atoms with van der Waals surface area (Å²) in [6, 6.07) is 13.6. The minimum absolute atomic E-state index is 0.206. The van der Waals surface area contributed by atoms with Crippen LogP contribution in [-0.4, -0.2) is 54.6 Å². The van der Waals surface area contributed by atoms with Crippen molar-refractivity contribution in [2.45, 2.75) is 26.3 Å². The van der Waals surface area contributed by atoms with Gasteiger partial charge in [-0.25, -0.2) is 9.69 Å². The zero-order valence-corrected chi connectivity index (χ0v) is 19.2. The van der Waals surface area contributed by atoms with Gasteiger partial charge in [0.15, 0.2) is 0 Å². The number of hydrogen-bond donors (Lipinski definition) is 1. The van der Waals surface area contributed by atoms with Crippen LogP contribution in [0.4, 0.5) is 10.5 Å². The van der Waals surface area contributed by atoms with Gasteiger partial charge in [0.25, 0.3) is 5.91 Å². The smallest absolute Gasteiger partial charge is 0.326 e. The van der Waals surface area contributed by atoms with Crippen molar-refractivity contribution in [1.29, 1.82) is 0 Å². The summed E-state index contributed by atoms with van der Waals surface area (Å²) in [5.41, 5.74) is 3.61. The molecule has 0 unspecified atom stereocenters. The molecule has 6 nitrogen and oxygen atoms in total. The maximum atomic E-state index is 13.2. The topological polar surface area (TPSA) is 55.9 Å². The molecule has 2 aromatic rings. The van der Waals surface area contributed by atoms with E-state index in [9.17, 15) is 9.59 Å². The van der Waals surface area contributed by atoms with Crippen molar-refractivity contribution in [3.05, 3.63) is 63.6 Å². The van der Waals surface area contributed by atoms with Gasteiger partial charge in [0.1, 0.15) is 5.54 Å². The molecule has 0 aliphatic carbocycles. The highest BCUT2D eigenvalue weighted by Crippen LogP contribution is 2.31.